The number of anilines is 1. The van der Waals surface area contributed by atoms with Crippen LogP contribution >= 0.6 is 0 Å². The highest BCUT2D eigenvalue weighted by Crippen LogP contribution is 2.29. The molecule has 1 atom stereocenters. The average molecular weight is 437 g/mol. The quantitative estimate of drug-likeness (QED) is 0.368. The lowest BCUT2D eigenvalue weighted by molar-refractivity contribution is -0.384. The van der Waals surface area contributed by atoms with Crippen LogP contribution in [0.5, 0.6) is 0 Å². The predicted octanol–water partition coefficient (Wildman–Crippen LogP) is 2.95. The van der Waals surface area contributed by atoms with Gasteiger partial charge in [-0.15, -0.1) is 0 Å². The highest BCUT2D eigenvalue weighted by atomic mass is 32.2. The summed E-state index contributed by atoms with van der Waals surface area (Å²) < 4.78 is 38.6. The molecule has 0 fully saturated rings. The maximum absolute atomic E-state index is 12.9. The Morgan fingerprint density at radius 1 is 1.23 bits per heavy atom. The van der Waals surface area contributed by atoms with Crippen LogP contribution in [0.3, 0.4) is 0 Å². The van der Waals surface area contributed by atoms with Gasteiger partial charge in [0.25, 0.3) is 5.69 Å². The van der Waals surface area contributed by atoms with Gasteiger partial charge in [-0.05, 0) is 49.9 Å². The van der Waals surface area contributed by atoms with Gasteiger partial charge < -0.3 is 5.32 Å². The Kier molecular flexibility index (Phi) is 7.49. The number of hydrogen-bond acceptors (Lipinski definition) is 5. The molecular weight excluding hydrogens is 413 g/mol. The van der Waals surface area contributed by atoms with Gasteiger partial charge >= 0.3 is 0 Å². The molecule has 10 heteroatoms. The van der Waals surface area contributed by atoms with E-state index in [1.54, 1.807) is 19.1 Å². The van der Waals surface area contributed by atoms with Crippen LogP contribution in [0.2, 0.25) is 0 Å². The van der Waals surface area contributed by atoms with Gasteiger partial charge in [0.2, 0.25) is 15.9 Å². The Balaban J connectivity index is 2.10. The zero-order chi connectivity index (χ0) is 22.5. The maximum atomic E-state index is 12.9. The van der Waals surface area contributed by atoms with E-state index in [1.807, 2.05) is 0 Å². The van der Waals surface area contributed by atoms with E-state index in [-0.39, 0.29) is 17.2 Å². The average Bonchev–Trinajstić information content (AvgIpc) is 2.66. The van der Waals surface area contributed by atoms with Crippen molar-refractivity contribution < 1.29 is 22.5 Å². The van der Waals surface area contributed by atoms with E-state index in [0.29, 0.717) is 24.9 Å². The van der Waals surface area contributed by atoms with Crippen LogP contribution in [0.4, 0.5) is 15.8 Å². The Labute approximate surface area is 174 Å². The van der Waals surface area contributed by atoms with Crippen LogP contribution in [-0.4, -0.2) is 38.1 Å². The smallest absolute Gasteiger partial charge is 0.271 e. The van der Waals surface area contributed by atoms with Gasteiger partial charge in [0, 0.05) is 18.7 Å². The van der Waals surface area contributed by atoms with Gasteiger partial charge in [-0.3, -0.25) is 19.2 Å². The van der Waals surface area contributed by atoms with Crippen LogP contribution < -0.4 is 9.62 Å². The molecule has 2 aromatic carbocycles. The number of sulfonamides is 1. The fraction of sp³-hybridized carbons (Fsp3) is 0.350. The number of rotatable bonds is 9. The van der Waals surface area contributed by atoms with Gasteiger partial charge in [0.1, 0.15) is 11.9 Å². The number of non-ortho nitro benzene ring substituents is 1. The number of nitrogens with one attached hydrogen (secondary N) is 1. The molecule has 0 aliphatic rings. The highest BCUT2D eigenvalue weighted by molar-refractivity contribution is 7.92. The molecule has 1 amide bonds. The lowest BCUT2D eigenvalue weighted by Crippen LogP contribution is -2.48. The fourth-order valence-corrected chi connectivity index (χ4v) is 4.26. The van der Waals surface area contributed by atoms with Crippen molar-refractivity contribution in [3.8, 4) is 0 Å². The number of nitro benzene ring substituents is 1. The van der Waals surface area contributed by atoms with Crippen LogP contribution in [0.15, 0.2) is 42.5 Å². The first-order valence-corrected chi connectivity index (χ1v) is 11.1. The molecule has 1 N–H and O–H groups in total. The number of amides is 1. The normalized spacial score (nSPS) is 12.3. The molecule has 162 valence electrons. The summed E-state index contributed by atoms with van der Waals surface area (Å²) in [6.45, 7) is 3.34. The number of carbonyl (C=O) groups is 1. The third kappa shape index (κ3) is 5.99. The van der Waals surface area contributed by atoms with Crippen molar-refractivity contribution in [2.45, 2.75) is 32.7 Å². The van der Waals surface area contributed by atoms with Crippen molar-refractivity contribution >= 4 is 27.3 Å². The van der Waals surface area contributed by atoms with Gasteiger partial charge in [-0.1, -0.05) is 18.2 Å². The molecule has 0 aliphatic heterocycles. The molecule has 8 nitrogen and oxygen atoms in total. The van der Waals surface area contributed by atoms with Crippen LogP contribution in [0.25, 0.3) is 0 Å². The summed E-state index contributed by atoms with van der Waals surface area (Å²) in [5, 5.41) is 13.8. The second-order valence-corrected chi connectivity index (χ2v) is 8.84. The Bertz CT molecular complexity index is 1030. The molecule has 0 radical (unpaired) electrons. The Hall–Kier alpha value is -3.01. The maximum Gasteiger partial charge on any atom is 0.271 e. The van der Waals surface area contributed by atoms with Crippen molar-refractivity contribution in [2.75, 3.05) is 17.1 Å². The van der Waals surface area contributed by atoms with E-state index in [4.69, 9.17) is 0 Å². The van der Waals surface area contributed by atoms with Crippen molar-refractivity contribution in [2.24, 2.45) is 0 Å². The lowest BCUT2D eigenvalue weighted by atomic mass is 10.1. The van der Waals surface area contributed by atoms with E-state index in [1.165, 1.54) is 31.2 Å². The molecule has 0 bridgehead atoms. The zero-order valence-electron chi connectivity index (χ0n) is 17.0. The molecule has 0 saturated heterocycles. The molecule has 0 aliphatic carbocycles. The lowest BCUT2D eigenvalue weighted by Gasteiger charge is -2.29. The molecular formula is C20H24FN3O5S. The molecule has 30 heavy (non-hydrogen) atoms. The topological polar surface area (TPSA) is 110 Å². The summed E-state index contributed by atoms with van der Waals surface area (Å²) in [5.74, 6) is -0.844. The first kappa shape index (κ1) is 23.3. The van der Waals surface area contributed by atoms with Crippen molar-refractivity contribution in [1.29, 1.82) is 0 Å². The Morgan fingerprint density at radius 2 is 1.87 bits per heavy atom. The van der Waals surface area contributed by atoms with Gasteiger partial charge in [-0.25, -0.2) is 12.8 Å². The minimum Gasteiger partial charge on any atom is -0.354 e. The first-order chi connectivity index (χ1) is 14.0. The molecule has 1 unspecified atom stereocenters. The summed E-state index contributed by atoms with van der Waals surface area (Å²) >= 11 is 0. The SMILES string of the molecule is Cc1ccc([N+](=O)[O-])cc1N(C(C)C(=O)NCCCc1ccc(F)cc1)S(C)(=O)=O. The van der Waals surface area contributed by atoms with Crippen molar-refractivity contribution in [3.63, 3.8) is 0 Å². The highest BCUT2D eigenvalue weighted by Gasteiger charge is 2.31. The van der Waals surface area contributed by atoms with Gasteiger partial charge in [-0.2, -0.15) is 0 Å². The first-order valence-electron chi connectivity index (χ1n) is 9.27. The van der Waals surface area contributed by atoms with Crippen molar-refractivity contribution in [1.82, 2.24) is 5.32 Å². The van der Waals surface area contributed by atoms with E-state index in [9.17, 15) is 27.7 Å². The third-order valence-corrected chi connectivity index (χ3v) is 5.81. The molecule has 0 heterocycles. The zero-order valence-corrected chi connectivity index (χ0v) is 17.8. The number of nitrogens with zero attached hydrogens (tertiary/aromatic N) is 2. The molecule has 0 spiro atoms. The van der Waals surface area contributed by atoms with Crippen molar-refractivity contribution in [3.05, 3.63) is 69.5 Å². The van der Waals surface area contributed by atoms with Gasteiger partial charge in [0.05, 0.1) is 16.9 Å². The van der Waals surface area contributed by atoms with Crippen LogP contribution in [-0.2, 0) is 21.2 Å². The van der Waals surface area contributed by atoms with Crippen LogP contribution in [0, 0.1) is 22.9 Å². The van der Waals surface area contributed by atoms with Gasteiger partial charge in [0.15, 0.2) is 0 Å². The number of hydrogen-bond donors (Lipinski definition) is 1. The number of aryl methyl sites for hydroxylation is 2. The Morgan fingerprint density at radius 3 is 2.43 bits per heavy atom. The number of nitro groups is 1. The minimum atomic E-state index is -3.89. The third-order valence-electron chi connectivity index (χ3n) is 4.58. The second-order valence-electron chi connectivity index (χ2n) is 6.98. The summed E-state index contributed by atoms with van der Waals surface area (Å²) in [5.41, 5.74) is 1.22. The monoisotopic (exact) mass is 437 g/mol. The summed E-state index contributed by atoms with van der Waals surface area (Å²) in [7, 11) is -3.89. The van der Waals surface area contributed by atoms with E-state index < -0.39 is 26.9 Å². The van der Waals surface area contributed by atoms with E-state index in [2.05, 4.69) is 5.32 Å². The minimum absolute atomic E-state index is 0.0839. The van der Waals surface area contributed by atoms with Crippen LogP contribution in [0.1, 0.15) is 24.5 Å². The summed E-state index contributed by atoms with van der Waals surface area (Å²) in [6, 6.07) is 8.81. The number of benzene rings is 2. The molecule has 0 aromatic heterocycles. The number of halogens is 1. The predicted molar refractivity (Wildman–Crippen MR) is 112 cm³/mol. The largest absolute Gasteiger partial charge is 0.354 e. The fourth-order valence-electron chi connectivity index (χ4n) is 3.03. The van der Waals surface area contributed by atoms with E-state index in [0.717, 1.165) is 22.2 Å². The molecule has 2 aromatic rings. The second kappa shape index (κ2) is 9.66. The molecule has 0 saturated carbocycles. The molecule has 2 rings (SSSR count). The standard InChI is InChI=1S/C20H24FN3O5S/c1-14-6-11-18(24(26)27)13-19(14)23(30(3,28)29)15(2)20(25)22-12-4-5-16-7-9-17(21)10-8-16/h6-11,13,15H,4-5,12H2,1-3H3,(H,22,25). The van der Waals surface area contributed by atoms with E-state index >= 15 is 0 Å². The number of carbonyl (C=O) groups excluding carboxylic acids is 1. The summed E-state index contributed by atoms with van der Waals surface area (Å²) in [4.78, 5) is 23.1. The summed E-state index contributed by atoms with van der Waals surface area (Å²) in [6.07, 6.45) is 2.15.